The fraction of sp³-hybridized carbons (Fsp3) is 0.381. The molecule has 2 aromatic heterocycles. The molecule has 30 heavy (non-hydrogen) atoms. The summed E-state index contributed by atoms with van der Waals surface area (Å²) in [5.41, 5.74) is 0.836. The second kappa shape index (κ2) is 9.63. The minimum Gasteiger partial charge on any atom is -0.495 e. The van der Waals surface area contributed by atoms with Crippen molar-refractivity contribution in [3.05, 3.63) is 41.8 Å². The van der Waals surface area contributed by atoms with E-state index in [9.17, 15) is 4.79 Å². The van der Waals surface area contributed by atoms with Crippen LogP contribution in [0.2, 0.25) is 0 Å². The highest BCUT2D eigenvalue weighted by Gasteiger charge is 2.24. The van der Waals surface area contributed by atoms with Crippen molar-refractivity contribution in [3.8, 4) is 22.1 Å². The number of rotatable bonds is 8. The monoisotopic (exact) mass is 444 g/mol. The van der Waals surface area contributed by atoms with Crippen LogP contribution in [0.25, 0.3) is 16.4 Å². The van der Waals surface area contributed by atoms with Gasteiger partial charge in [-0.3, -0.25) is 9.36 Å². The number of thioether (sulfide) groups is 1. The molecule has 3 aromatic rings. The number of carbonyl (C=O) groups is 1. The van der Waals surface area contributed by atoms with Gasteiger partial charge in [-0.25, -0.2) is 0 Å². The van der Waals surface area contributed by atoms with Gasteiger partial charge in [0.05, 0.1) is 29.0 Å². The number of hydrogen-bond donors (Lipinski definition) is 1. The van der Waals surface area contributed by atoms with Crippen LogP contribution in [-0.4, -0.2) is 52.3 Å². The molecule has 0 spiro atoms. The Morgan fingerprint density at radius 2 is 2.23 bits per heavy atom. The normalized spacial score (nSPS) is 17.1. The molecule has 1 saturated heterocycles. The van der Waals surface area contributed by atoms with Crippen LogP contribution in [0.5, 0.6) is 5.75 Å². The minimum atomic E-state index is -0.333. The molecule has 0 radical (unpaired) electrons. The summed E-state index contributed by atoms with van der Waals surface area (Å²) >= 11 is 2.97. The number of ether oxygens (including phenoxy) is 2. The Labute approximate surface area is 183 Å². The van der Waals surface area contributed by atoms with Gasteiger partial charge in [0.15, 0.2) is 11.0 Å². The largest absolute Gasteiger partial charge is 0.495 e. The third-order valence-electron chi connectivity index (χ3n) is 4.88. The topological polar surface area (TPSA) is 78.3 Å². The van der Waals surface area contributed by atoms with Gasteiger partial charge in [-0.1, -0.05) is 30.0 Å². The zero-order valence-electron chi connectivity index (χ0n) is 16.9. The van der Waals surface area contributed by atoms with Gasteiger partial charge in [0.1, 0.15) is 5.75 Å². The number of benzene rings is 1. The maximum absolute atomic E-state index is 12.6. The summed E-state index contributed by atoms with van der Waals surface area (Å²) in [5.74, 6) is 1.40. The summed E-state index contributed by atoms with van der Waals surface area (Å²) in [6.45, 7) is 3.20. The Balaban J connectivity index is 1.59. The summed E-state index contributed by atoms with van der Waals surface area (Å²) in [4.78, 5) is 13.6. The van der Waals surface area contributed by atoms with Crippen LogP contribution in [0.4, 0.5) is 0 Å². The van der Waals surface area contributed by atoms with Gasteiger partial charge in [0, 0.05) is 13.2 Å². The lowest BCUT2D eigenvalue weighted by atomic mass is 10.2. The number of amides is 1. The molecule has 1 amide bonds. The molecule has 158 valence electrons. The molecule has 1 fully saturated rings. The van der Waals surface area contributed by atoms with E-state index in [2.05, 4.69) is 15.5 Å². The average Bonchev–Trinajstić information content (AvgIpc) is 3.53. The number of aromatic nitrogens is 3. The molecule has 7 nitrogen and oxygen atoms in total. The van der Waals surface area contributed by atoms with E-state index in [-0.39, 0.29) is 17.3 Å². The molecule has 0 unspecified atom stereocenters. The first-order valence-electron chi connectivity index (χ1n) is 9.86. The van der Waals surface area contributed by atoms with E-state index < -0.39 is 0 Å². The molecule has 3 heterocycles. The SMILES string of the molecule is COc1ccccc1-n1c(S[C@H](C)C(=O)NC[C@H]2CCCO2)nnc1-c1cccs1. The standard InChI is InChI=1S/C21H24N4O3S2/c1-14(20(26)22-13-15-7-5-11-28-15)30-21-24-23-19(18-10-6-12-29-18)25(21)16-8-3-4-9-17(16)27-2/h3-4,6,8-10,12,14-15H,5,7,11,13H2,1-2H3,(H,22,26)/t14-,15-/m1/s1. The van der Waals surface area contributed by atoms with Crippen LogP contribution >= 0.6 is 23.1 Å². The Morgan fingerprint density at radius 3 is 2.97 bits per heavy atom. The molecule has 9 heteroatoms. The van der Waals surface area contributed by atoms with Gasteiger partial charge < -0.3 is 14.8 Å². The van der Waals surface area contributed by atoms with E-state index >= 15 is 0 Å². The van der Waals surface area contributed by atoms with Crippen LogP contribution in [-0.2, 0) is 9.53 Å². The van der Waals surface area contributed by atoms with Gasteiger partial charge in [0.25, 0.3) is 0 Å². The summed E-state index contributed by atoms with van der Waals surface area (Å²) in [5, 5.41) is 14.1. The minimum absolute atomic E-state index is 0.0391. The van der Waals surface area contributed by atoms with Crippen molar-refractivity contribution in [2.75, 3.05) is 20.3 Å². The number of thiophene rings is 1. The first-order valence-corrected chi connectivity index (χ1v) is 11.6. The third kappa shape index (κ3) is 4.53. The Bertz CT molecular complexity index is 984. The van der Waals surface area contributed by atoms with Gasteiger partial charge >= 0.3 is 0 Å². The molecular formula is C21H24N4O3S2. The molecule has 2 atom stereocenters. The number of carbonyl (C=O) groups excluding carboxylic acids is 1. The van der Waals surface area contributed by atoms with Crippen LogP contribution in [0.15, 0.2) is 46.9 Å². The summed E-state index contributed by atoms with van der Waals surface area (Å²) in [7, 11) is 1.64. The van der Waals surface area contributed by atoms with Crippen molar-refractivity contribution in [1.29, 1.82) is 0 Å². The zero-order chi connectivity index (χ0) is 20.9. The maximum Gasteiger partial charge on any atom is 0.233 e. The second-order valence-corrected chi connectivity index (χ2v) is 9.19. The molecule has 0 bridgehead atoms. The van der Waals surface area contributed by atoms with Crippen LogP contribution in [0, 0.1) is 0 Å². The summed E-state index contributed by atoms with van der Waals surface area (Å²) in [6.07, 6.45) is 2.17. The van der Waals surface area contributed by atoms with E-state index in [1.165, 1.54) is 11.8 Å². The number of hydrogen-bond acceptors (Lipinski definition) is 7. The maximum atomic E-state index is 12.6. The highest BCUT2D eigenvalue weighted by atomic mass is 32.2. The molecule has 1 N–H and O–H groups in total. The number of nitrogens with zero attached hydrogens (tertiary/aromatic N) is 3. The predicted octanol–water partition coefficient (Wildman–Crippen LogP) is 3.78. The van der Waals surface area contributed by atoms with E-state index in [4.69, 9.17) is 9.47 Å². The fourth-order valence-electron chi connectivity index (χ4n) is 3.32. The molecule has 1 aliphatic rings. The van der Waals surface area contributed by atoms with Crippen molar-refractivity contribution in [3.63, 3.8) is 0 Å². The molecule has 0 saturated carbocycles. The van der Waals surface area contributed by atoms with Gasteiger partial charge in [0.2, 0.25) is 5.91 Å². The van der Waals surface area contributed by atoms with Crippen molar-refractivity contribution >= 4 is 29.0 Å². The van der Waals surface area contributed by atoms with E-state index in [1.807, 2.05) is 53.3 Å². The van der Waals surface area contributed by atoms with E-state index in [1.54, 1.807) is 18.4 Å². The molecule has 1 aromatic carbocycles. The van der Waals surface area contributed by atoms with Crippen LogP contribution < -0.4 is 10.1 Å². The van der Waals surface area contributed by atoms with Crippen LogP contribution in [0.3, 0.4) is 0 Å². The average molecular weight is 445 g/mol. The smallest absolute Gasteiger partial charge is 0.233 e. The predicted molar refractivity (Wildman–Crippen MR) is 119 cm³/mol. The first-order chi connectivity index (χ1) is 14.7. The van der Waals surface area contributed by atoms with Gasteiger partial charge in [-0.15, -0.1) is 21.5 Å². The zero-order valence-corrected chi connectivity index (χ0v) is 18.5. The summed E-state index contributed by atoms with van der Waals surface area (Å²) in [6, 6.07) is 11.7. The van der Waals surface area contributed by atoms with E-state index in [0.29, 0.717) is 17.5 Å². The van der Waals surface area contributed by atoms with Crippen molar-refractivity contribution < 1.29 is 14.3 Å². The highest BCUT2D eigenvalue weighted by molar-refractivity contribution is 8.00. The Kier molecular flexibility index (Phi) is 6.71. The Morgan fingerprint density at radius 1 is 1.37 bits per heavy atom. The fourth-order valence-corrected chi connectivity index (χ4v) is 4.90. The lowest BCUT2D eigenvalue weighted by Crippen LogP contribution is -2.36. The van der Waals surface area contributed by atoms with Gasteiger partial charge in [-0.05, 0) is 43.3 Å². The third-order valence-corrected chi connectivity index (χ3v) is 6.79. The lowest BCUT2D eigenvalue weighted by Gasteiger charge is -2.16. The second-order valence-electron chi connectivity index (χ2n) is 6.93. The molecule has 4 rings (SSSR count). The van der Waals surface area contributed by atoms with Gasteiger partial charge in [-0.2, -0.15) is 0 Å². The molecular weight excluding hydrogens is 420 g/mol. The lowest BCUT2D eigenvalue weighted by molar-refractivity contribution is -0.120. The first kappa shape index (κ1) is 20.9. The quantitative estimate of drug-likeness (QED) is 0.533. The number of para-hydroxylation sites is 2. The highest BCUT2D eigenvalue weighted by Crippen LogP contribution is 2.35. The van der Waals surface area contributed by atoms with Crippen molar-refractivity contribution in [2.45, 2.75) is 36.3 Å². The molecule has 1 aliphatic heterocycles. The van der Waals surface area contributed by atoms with Crippen molar-refractivity contribution in [2.24, 2.45) is 0 Å². The van der Waals surface area contributed by atoms with E-state index in [0.717, 1.165) is 35.8 Å². The number of methoxy groups -OCH3 is 1. The molecule has 0 aliphatic carbocycles. The number of nitrogens with one attached hydrogen (secondary N) is 1. The van der Waals surface area contributed by atoms with Crippen molar-refractivity contribution in [1.82, 2.24) is 20.1 Å². The summed E-state index contributed by atoms with van der Waals surface area (Å²) < 4.78 is 13.1. The Hall–Kier alpha value is -2.36. The van der Waals surface area contributed by atoms with Crippen LogP contribution in [0.1, 0.15) is 19.8 Å².